The summed E-state index contributed by atoms with van der Waals surface area (Å²) in [4.78, 5) is 9.75. The van der Waals surface area contributed by atoms with Crippen molar-refractivity contribution in [2.45, 2.75) is 13.8 Å². The molecule has 1 fully saturated rings. The Morgan fingerprint density at radius 2 is 1.64 bits per heavy atom. The molecule has 0 bridgehead atoms. The number of piperazine rings is 1. The zero-order valence-electron chi connectivity index (χ0n) is 15.0. The van der Waals surface area contributed by atoms with Gasteiger partial charge in [0.15, 0.2) is 5.13 Å². The minimum atomic E-state index is 0.905. The van der Waals surface area contributed by atoms with Crippen molar-refractivity contribution in [1.29, 1.82) is 0 Å². The molecule has 0 N–H and O–H groups in total. The molecule has 1 aliphatic heterocycles. The van der Waals surface area contributed by atoms with Crippen molar-refractivity contribution in [1.82, 2.24) is 4.98 Å². The lowest BCUT2D eigenvalue weighted by molar-refractivity contribution is 0.415. The number of thiazole rings is 1. The molecular weight excluding hydrogens is 330 g/mol. The van der Waals surface area contributed by atoms with E-state index in [0.29, 0.717) is 0 Å². The maximum atomic E-state index is 5.24. The van der Waals surface area contributed by atoms with Crippen LogP contribution in [0.4, 0.5) is 10.8 Å². The van der Waals surface area contributed by atoms with E-state index in [4.69, 9.17) is 9.72 Å². The molecule has 4 rings (SSSR count). The summed E-state index contributed by atoms with van der Waals surface area (Å²) in [6.07, 6.45) is 0. The van der Waals surface area contributed by atoms with E-state index in [2.05, 4.69) is 47.9 Å². The van der Waals surface area contributed by atoms with Gasteiger partial charge in [0.05, 0.1) is 17.3 Å². The van der Waals surface area contributed by atoms with Gasteiger partial charge in [0.25, 0.3) is 0 Å². The van der Waals surface area contributed by atoms with Gasteiger partial charge in [-0.3, -0.25) is 0 Å². The molecule has 25 heavy (non-hydrogen) atoms. The Hall–Kier alpha value is -2.27. The fourth-order valence-electron chi connectivity index (χ4n) is 3.44. The molecule has 0 spiro atoms. The van der Waals surface area contributed by atoms with Crippen LogP contribution in [-0.2, 0) is 0 Å². The number of rotatable bonds is 3. The van der Waals surface area contributed by atoms with Crippen LogP contribution in [0.25, 0.3) is 10.2 Å². The number of hydrogen-bond acceptors (Lipinski definition) is 5. The molecule has 2 heterocycles. The molecule has 0 atom stereocenters. The summed E-state index contributed by atoms with van der Waals surface area (Å²) in [6, 6.07) is 12.8. The first-order valence-electron chi connectivity index (χ1n) is 8.66. The first-order chi connectivity index (χ1) is 12.1. The number of nitrogens with zero attached hydrogens (tertiary/aromatic N) is 3. The van der Waals surface area contributed by atoms with Gasteiger partial charge >= 0.3 is 0 Å². The summed E-state index contributed by atoms with van der Waals surface area (Å²) in [6.45, 7) is 8.34. The zero-order valence-corrected chi connectivity index (χ0v) is 15.8. The summed E-state index contributed by atoms with van der Waals surface area (Å²) in [5.41, 5.74) is 5.00. The van der Waals surface area contributed by atoms with Gasteiger partial charge in [-0.25, -0.2) is 4.98 Å². The highest BCUT2D eigenvalue weighted by atomic mass is 32.1. The van der Waals surface area contributed by atoms with Crippen LogP contribution in [0, 0.1) is 13.8 Å². The predicted molar refractivity (Wildman–Crippen MR) is 107 cm³/mol. The summed E-state index contributed by atoms with van der Waals surface area (Å²) in [5.74, 6) is 0.905. The third kappa shape index (κ3) is 3.16. The van der Waals surface area contributed by atoms with E-state index in [9.17, 15) is 0 Å². The quantitative estimate of drug-likeness (QED) is 0.704. The lowest BCUT2D eigenvalue weighted by Crippen LogP contribution is -2.46. The number of aryl methyl sites for hydroxylation is 2. The van der Waals surface area contributed by atoms with Crippen LogP contribution in [0.15, 0.2) is 36.4 Å². The lowest BCUT2D eigenvalue weighted by atomic mass is 10.1. The van der Waals surface area contributed by atoms with Gasteiger partial charge in [-0.1, -0.05) is 17.4 Å². The normalized spacial score (nSPS) is 15.0. The van der Waals surface area contributed by atoms with Gasteiger partial charge in [0.1, 0.15) is 5.75 Å². The maximum absolute atomic E-state index is 5.24. The standard InChI is InChI=1S/C20H23N3OS/c1-14-12-15(2)19-18(13-14)25-20(21-19)23-10-8-22(9-11-23)16-4-6-17(24-3)7-5-16/h4-7,12-13H,8-11H2,1-3H3. The van der Waals surface area contributed by atoms with Gasteiger partial charge in [-0.2, -0.15) is 0 Å². The van der Waals surface area contributed by atoms with Crippen molar-refractivity contribution in [3.05, 3.63) is 47.5 Å². The van der Waals surface area contributed by atoms with E-state index in [-0.39, 0.29) is 0 Å². The summed E-state index contributed by atoms with van der Waals surface area (Å²) < 4.78 is 6.54. The van der Waals surface area contributed by atoms with Crippen molar-refractivity contribution in [2.24, 2.45) is 0 Å². The van der Waals surface area contributed by atoms with E-state index < -0.39 is 0 Å². The summed E-state index contributed by atoms with van der Waals surface area (Å²) >= 11 is 1.81. The van der Waals surface area contributed by atoms with Crippen LogP contribution in [0.5, 0.6) is 5.75 Å². The van der Waals surface area contributed by atoms with E-state index in [1.54, 1.807) is 7.11 Å². The molecule has 0 aliphatic carbocycles. The highest BCUT2D eigenvalue weighted by Gasteiger charge is 2.20. The number of aromatic nitrogens is 1. The maximum Gasteiger partial charge on any atom is 0.186 e. The Morgan fingerprint density at radius 1 is 0.960 bits per heavy atom. The Labute approximate surface area is 152 Å². The molecular formula is C20H23N3OS. The fourth-order valence-corrected chi connectivity index (χ4v) is 4.64. The molecule has 0 saturated carbocycles. The number of ether oxygens (including phenoxy) is 1. The van der Waals surface area contributed by atoms with Crippen molar-refractivity contribution in [3.8, 4) is 5.75 Å². The third-order valence-corrected chi connectivity index (χ3v) is 5.87. The van der Waals surface area contributed by atoms with E-state index in [0.717, 1.165) is 42.6 Å². The van der Waals surface area contributed by atoms with Gasteiger partial charge in [-0.15, -0.1) is 0 Å². The van der Waals surface area contributed by atoms with Crippen LogP contribution in [0.3, 0.4) is 0 Å². The molecule has 0 unspecified atom stereocenters. The monoisotopic (exact) mass is 353 g/mol. The van der Waals surface area contributed by atoms with Crippen molar-refractivity contribution < 1.29 is 4.74 Å². The average molecular weight is 353 g/mol. The number of hydrogen-bond donors (Lipinski definition) is 0. The number of anilines is 2. The zero-order chi connectivity index (χ0) is 17.4. The second-order valence-corrected chi connectivity index (χ2v) is 7.61. The van der Waals surface area contributed by atoms with E-state index in [1.165, 1.54) is 21.5 Å². The van der Waals surface area contributed by atoms with Crippen LogP contribution in [0.1, 0.15) is 11.1 Å². The van der Waals surface area contributed by atoms with Crippen LogP contribution >= 0.6 is 11.3 Å². The van der Waals surface area contributed by atoms with Crippen LogP contribution in [-0.4, -0.2) is 38.3 Å². The molecule has 4 nitrogen and oxygen atoms in total. The third-order valence-electron chi connectivity index (χ3n) is 4.81. The Bertz CT molecular complexity index is 880. The van der Waals surface area contributed by atoms with E-state index in [1.807, 2.05) is 23.5 Å². The second-order valence-electron chi connectivity index (χ2n) is 6.60. The number of fused-ring (bicyclic) bond motifs is 1. The molecule has 0 amide bonds. The Kier molecular flexibility index (Phi) is 4.25. The van der Waals surface area contributed by atoms with Gasteiger partial charge in [0, 0.05) is 31.9 Å². The molecule has 2 aromatic carbocycles. The fraction of sp³-hybridized carbons (Fsp3) is 0.350. The summed E-state index contributed by atoms with van der Waals surface area (Å²) in [5, 5.41) is 1.15. The van der Waals surface area contributed by atoms with E-state index >= 15 is 0 Å². The summed E-state index contributed by atoms with van der Waals surface area (Å²) in [7, 11) is 1.70. The molecule has 130 valence electrons. The minimum Gasteiger partial charge on any atom is -0.497 e. The Morgan fingerprint density at radius 3 is 2.32 bits per heavy atom. The minimum absolute atomic E-state index is 0.905. The van der Waals surface area contributed by atoms with Gasteiger partial charge < -0.3 is 14.5 Å². The highest BCUT2D eigenvalue weighted by Crippen LogP contribution is 2.32. The molecule has 3 aromatic rings. The molecule has 0 radical (unpaired) electrons. The SMILES string of the molecule is COc1ccc(N2CCN(c3nc4c(C)cc(C)cc4s3)CC2)cc1. The second kappa shape index (κ2) is 6.56. The topological polar surface area (TPSA) is 28.6 Å². The lowest BCUT2D eigenvalue weighted by Gasteiger charge is -2.36. The molecule has 1 aromatic heterocycles. The smallest absolute Gasteiger partial charge is 0.186 e. The van der Waals surface area contributed by atoms with Crippen molar-refractivity contribution in [3.63, 3.8) is 0 Å². The first-order valence-corrected chi connectivity index (χ1v) is 9.47. The predicted octanol–water partition coefficient (Wildman–Crippen LogP) is 4.25. The van der Waals surface area contributed by atoms with Gasteiger partial charge in [0.2, 0.25) is 0 Å². The van der Waals surface area contributed by atoms with Crippen molar-refractivity contribution >= 4 is 32.4 Å². The average Bonchev–Trinajstić information content (AvgIpc) is 3.06. The molecule has 1 aliphatic rings. The number of methoxy groups -OCH3 is 1. The number of benzene rings is 2. The molecule has 1 saturated heterocycles. The Balaban J connectivity index is 1.49. The largest absolute Gasteiger partial charge is 0.497 e. The highest BCUT2D eigenvalue weighted by molar-refractivity contribution is 7.22. The molecule has 5 heteroatoms. The van der Waals surface area contributed by atoms with Gasteiger partial charge in [-0.05, 0) is 55.3 Å². The van der Waals surface area contributed by atoms with Crippen molar-refractivity contribution in [2.75, 3.05) is 43.1 Å². The first kappa shape index (κ1) is 16.2. The van der Waals surface area contributed by atoms with Crippen LogP contribution < -0.4 is 14.5 Å². The van der Waals surface area contributed by atoms with Crippen LogP contribution in [0.2, 0.25) is 0 Å².